The average Bonchev–Trinajstić information content (AvgIpc) is 2.28. The number of hydrogen-bond donors (Lipinski definition) is 2. The molecule has 3 nitrogen and oxygen atoms in total. The van der Waals surface area contributed by atoms with Crippen molar-refractivity contribution in [3.63, 3.8) is 0 Å². The van der Waals surface area contributed by atoms with E-state index in [9.17, 15) is 4.79 Å². The fourth-order valence-electron chi connectivity index (χ4n) is 1.66. The molecule has 1 aromatic carbocycles. The molecule has 1 aromatic rings. The number of aliphatic hydroxyl groups is 1. The molecule has 0 fully saturated rings. The van der Waals surface area contributed by atoms with Crippen molar-refractivity contribution < 1.29 is 9.90 Å². The van der Waals surface area contributed by atoms with Gasteiger partial charge in [0, 0.05) is 13.0 Å². The third-order valence-corrected chi connectivity index (χ3v) is 2.50. The predicted octanol–water partition coefficient (Wildman–Crippen LogP) is 1.88. The normalized spacial score (nSPS) is 10.6. The zero-order valence-electron chi connectivity index (χ0n) is 10.6. The highest BCUT2D eigenvalue weighted by atomic mass is 16.3. The van der Waals surface area contributed by atoms with Gasteiger partial charge in [0.25, 0.3) is 0 Å². The van der Waals surface area contributed by atoms with Crippen molar-refractivity contribution in [2.75, 3.05) is 6.61 Å². The highest BCUT2D eigenvalue weighted by Crippen LogP contribution is 2.09. The predicted molar refractivity (Wildman–Crippen MR) is 68.5 cm³/mol. The zero-order chi connectivity index (χ0) is 12.7. The maximum atomic E-state index is 11.2. The van der Waals surface area contributed by atoms with Crippen LogP contribution in [-0.4, -0.2) is 17.6 Å². The Bertz CT molecular complexity index is 344. The van der Waals surface area contributed by atoms with Gasteiger partial charge in [-0.25, -0.2) is 0 Å². The molecule has 0 bridgehead atoms. The zero-order valence-corrected chi connectivity index (χ0v) is 10.6. The van der Waals surface area contributed by atoms with Gasteiger partial charge in [-0.3, -0.25) is 4.79 Å². The largest absolute Gasteiger partial charge is 0.396 e. The molecule has 0 heterocycles. The number of carbonyl (C=O) groups is 1. The van der Waals surface area contributed by atoms with Gasteiger partial charge in [-0.05, 0) is 23.5 Å². The second kappa shape index (κ2) is 7.07. The van der Waals surface area contributed by atoms with Crippen molar-refractivity contribution in [1.29, 1.82) is 0 Å². The van der Waals surface area contributed by atoms with E-state index >= 15 is 0 Å². The lowest BCUT2D eigenvalue weighted by atomic mass is 10.0. The maximum absolute atomic E-state index is 11.2. The highest BCUT2D eigenvalue weighted by Gasteiger charge is 2.01. The van der Waals surface area contributed by atoms with Gasteiger partial charge < -0.3 is 10.4 Å². The molecule has 0 aliphatic carbocycles. The summed E-state index contributed by atoms with van der Waals surface area (Å²) >= 11 is 0. The minimum Gasteiger partial charge on any atom is -0.396 e. The van der Waals surface area contributed by atoms with Crippen LogP contribution in [0.15, 0.2) is 24.3 Å². The molecule has 0 atom stereocenters. The van der Waals surface area contributed by atoms with Crippen molar-refractivity contribution in [3.05, 3.63) is 35.4 Å². The van der Waals surface area contributed by atoms with Crippen LogP contribution in [0.2, 0.25) is 0 Å². The van der Waals surface area contributed by atoms with Crippen LogP contribution in [0.4, 0.5) is 0 Å². The lowest BCUT2D eigenvalue weighted by molar-refractivity contribution is -0.121. The van der Waals surface area contributed by atoms with E-state index in [0.29, 0.717) is 12.5 Å². The molecule has 0 aliphatic rings. The maximum Gasteiger partial charge on any atom is 0.222 e. The molecule has 0 radical (unpaired) electrons. The minimum absolute atomic E-state index is 0.0981. The van der Waals surface area contributed by atoms with Crippen LogP contribution in [-0.2, 0) is 17.8 Å². The van der Waals surface area contributed by atoms with Gasteiger partial charge >= 0.3 is 0 Å². The first-order chi connectivity index (χ1) is 8.11. The van der Waals surface area contributed by atoms with Gasteiger partial charge in [-0.15, -0.1) is 0 Å². The lowest BCUT2D eigenvalue weighted by Gasteiger charge is -2.07. The summed E-state index contributed by atoms with van der Waals surface area (Å²) in [7, 11) is 0. The summed E-state index contributed by atoms with van der Waals surface area (Å²) in [5.74, 6) is 0.545. The molecule has 17 heavy (non-hydrogen) atoms. The topological polar surface area (TPSA) is 49.3 Å². The molecule has 2 N–H and O–H groups in total. The van der Waals surface area contributed by atoms with E-state index in [0.717, 1.165) is 12.0 Å². The smallest absolute Gasteiger partial charge is 0.222 e. The summed E-state index contributed by atoms with van der Waals surface area (Å²) in [6.45, 7) is 4.83. The van der Waals surface area contributed by atoms with Crippen LogP contribution in [0.3, 0.4) is 0 Å². The Morgan fingerprint density at radius 3 is 2.35 bits per heavy atom. The van der Waals surface area contributed by atoms with Gasteiger partial charge in [0.1, 0.15) is 0 Å². The Balaban J connectivity index is 2.42. The Kier molecular flexibility index (Phi) is 5.70. The highest BCUT2D eigenvalue weighted by molar-refractivity contribution is 5.75. The fourth-order valence-corrected chi connectivity index (χ4v) is 1.66. The molecule has 0 unspecified atom stereocenters. The molecule has 94 valence electrons. The summed E-state index contributed by atoms with van der Waals surface area (Å²) in [4.78, 5) is 11.2. The molecule has 1 amide bonds. The third-order valence-electron chi connectivity index (χ3n) is 2.50. The van der Waals surface area contributed by atoms with E-state index in [4.69, 9.17) is 5.11 Å². The van der Waals surface area contributed by atoms with Crippen LogP contribution >= 0.6 is 0 Å². The lowest BCUT2D eigenvalue weighted by Crippen LogP contribution is -2.23. The number of nitrogens with one attached hydrogen (secondary N) is 1. The van der Waals surface area contributed by atoms with Crippen molar-refractivity contribution in [1.82, 2.24) is 5.32 Å². The number of amides is 1. The number of hydrogen-bond acceptors (Lipinski definition) is 2. The standard InChI is InChI=1S/C14H21NO2/c1-11(2)9-12-3-5-13(6-4-12)10-15-14(17)7-8-16/h3-6,11,16H,7-10H2,1-2H3,(H,15,17). The average molecular weight is 235 g/mol. The molecule has 0 aromatic heterocycles. The number of carbonyl (C=O) groups excluding carboxylic acids is 1. The van der Waals surface area contributed by atoms with E-state index in [1.165, 1.54) is 5.56 Å². The van der Waals surface area contributed by atoms with Crippen molar-refractivity contribution in [2.45, 2.75) is 33.2 Å². The van der Waals surface area contributed by atoms with Crippen molar-refractivity contribution in [2.24, 2.45) is 5.92 Å². The van der Waals surface area contributed by atoms with E-state index < -0.39 is 0 Å². The molecule has 0 aliphatic heterocycles. The van der Waals surface area contributed by atoms with E-state index in [1.54, 1.807) is 0 Å². The van der Waals surface area contributed by atoms with Crippen LogP contribution in [0.1, 0.15) is 31.4 Å². The van der Waals surface area contributed by atoms with Gasteiger partial charge in [-0.1, -0.05) is 38.1 Å². The van der Waals surface area contributed by atoms with Crippen molar-refractivity contribution in [3.8, 4) is 0 Å². The second-order valence-electron chi connectivity index (χ2n) is 4.66. The number of aliphatic hydroxyl groups excluding tert-OH is 1. The van der Waals surface area contributed by atoms with E-state index in [2.05, 4.69) is 31.3 Å². The Hall–Kier alpha value is -1.35. The first-order valence-corrected chi connectivity index (χ1v) is 6.07. The molecule has 0 saturated carbocycles. The summed E-state index contributed by atoms with van der Waals surface area (Å²) in [5, 5.41) is 11.4. The number of benzene rings is 1. The van der Waals surface area contributed by atoms with Crippen LogP contribution < -0.4 is 5.32 Å². The summed E-state index contributed by atoms with van der Waals surface area (Å²) < 4.78 is 0. The minimum atomic E-state index is -0.112. The van der Waals surface area contributed by atoms with Gasteiger partial charge in [0.15, 0.2) is 0 Å². The van der Waals surface area contributed by atoms with Gasteiger partial charge in [0.05, 0.1) is 6.61 Å². The van der Waals surface area contributed by atoms with Crippen LogP contribution in [0.25, 0.3) is 0 Å². The van der Waals surface area contributed by atoms with E-state index in [1.807, 2.05) is 12.1 Å². The quantitative estimate of drug-likeness (QED) is 0.791. The first kappa shape index (κ1) is 13.7. The second-order valence-corrected chi connectivity index (χ2v) is 4.66. The molecule has 3 heteroatoms. The van der Waals surface area contributed by atoms with Crippen molar-refractivity contribution >= 4 is 5.91 Å². The van der Waals surface area contributed by atoms with Gasteiger partial charge in [-0.2, -0.15) is 0 Å². The summed E-state index contributed by atoms with van der Waals surface area (Å²) in [6, 6.07) is 8.29. The van der Waals surface area contributed by atoms with Gasteiger partial charge in [0.2, 0.25) is 5.91 Å². The molecule has 0 saturated heterocycles. The fraction of sp³-hybridized carbons (Fsp3) is 0.500. The molecular weight excluding hydrogens is 214 g/mol. The summed E-state index contributed by atoms with van der Waals surface area (Å²) in [6.07, 6.45) is 1.25. The molecular formula is C14H21NO2. The Morgan fingerprint density at radius 2 is 1.82 bits per heavy atom. The van der Waals surface area contributed by atoms with Crippen LogP contribution in [0, 0.1) is 5.92 Å². The Labute approximate surface area is 103 Å². The number of rotatable bonds is 6. The van der Waals surface area contributed by atoms with E-state index in [-0.39, 0.29) is 18.9 Å². The summed E-state index contributed by atoms with van der Waals surface area (Å²) in [5.41, 5.74) is 2.41. The molecule has 0 spiro atoms. The SMILES string of the molecule is CC(C)Cc1ccc(CNC(=O)CCO)cc1. The molecule has 1 rings (SSSR count). The third kappa shape index (κ3) is 5.50. The monoisotopic (exact) mass is 235 g/mol. The first-order valence-electron chi connectivity index (χ1n) is 6.07. The van der Waals surface area contributed by atoms with Crippen LogP contribution in [0.5, 0.6) is 0 Å². The Morgan fingerprint density at radius 1 is 1.24 bits per heavy atom.